The molecule has 0 saturated carbocycles. The van der Waals surface area contributed by atoms with Crippen LogP contribution in [0.15, 0.2) is 21.5 Å². The molecule has 5 nitrogen and oxygen atoms in total. The van der Waals surface area contributed by atoms with Crippen LogP contribution in [0.5, 0.6) is 0 Å². The number of amides is 1. The van der Waals surface area contributed by atoms with Gasteiger partial charge in [-0.3, -0.25) is 4.79 Å². The molecule has 0 atom stereocenters. The van der Waals surface area contributed by atoms with Gasteiger partial charge in [0, 0.05) is 16.1 Å². The van der Waals surface area contributed by atoms with E-state index in [4.69, 9.17) is 5.14 Å². The van der Waals surface area contributed by atoms with Crippen molar-refractivity contribution in [1.29, 1.82) is 0 Å². The minimum absolute atomic E-state index is 0.0735. The second kappa shape index (κ2) is 6.69. The second-order valence-corrected chi connectivity index (χ2v) is 6.96. The van der Waals surface area contributed by atoms with Gasteiger partial charge in [-0.1, -0.05) is 13.8 Å². The number of hydrogen-bond donors (Lipinski definition) is 2. The number of sulfonamides is 1. The molecule has 0 aromatic heterocycles. The van der Waals surface area contributed by atoms with Crippen molar-refractivity contribution < 1.29 is 13.2 Å². The molecule has 1 aromatic rings. The molecule has 1 rings (SSSR count). The van der Waals surface area contributed by atoms with Gasteiger partial charge in [-0.15, -0.1) is 0 Å². The van der Waals surface area contributed by atoms with E-state index in [2.05, 4.69) is 21.2 Å². The first-order chi connectivity index (χ1) is 9.20. The Labute approximate surface area is 128 Å². The maximum absolute atomic E-state index is 12.2. The number of primary sulfonamides is 1. The normalized spacial score (nSPS) is 11.7. The predicted octanol–water partition coefficient (Wildman–Crippen LogP) is 2.32. The number of nitrogens with two attached hydrogens (primary N) is 1. The Hall–Kier alpha value is -0.920. The van der Waals surface area contributed by atoms with Gasteiger partial charge in [-0.05, 0) is 53.4 Å². The zero-order chi connectivity index (χ0) is 15.5. The highest BCUT2D eigenvalue weighted by atomic mass is 79.9. The molecule has 0 aliphatic carbocycles. The van der Waals surface area contributed by atoms with Gasteiger partial charge in [0.25, 0.3) is 5.91 Å². The van der Waals surface area contributed by atoms with Crippen LogP contribution in [0.2, 0.25) is 0 Å². The molecule has 0 aliphatic heterocycles. The van der Waals surface area contributed by atoms with Crippen LogP contribution in [0.3, 0.4) is 0 Å². The van der Waals surface area contributed by atoms with Crippen molar-refractivity contribution >= 4 is 31.9 Å². The van der Waals surface area contributed by atoms with E-state index < -0.39 is 10.0 Å². The lowest BCUT2D eigenvalue weighted by atomic mass is 10.1. The van der Waals surface area contributed by atoms with Crippen LogP contribution in [0.1, 0.15) is 42.6 Å². The van der Waals surface area contributed by atoms with Gasteiger partial charge in [-0.25, -0.2) is 13.6 Å². The molecule has 7 heteroatoms. The second-order valence-electron chi connectivity index (χ2n) is 4.64. The molecule has 0 saturated heterocycles. The smallest absolute Gasteiger partial charge is 0.251 e. The quantitative estimate of drug-likeness (QED) is 0.841. The van der Waals surface area contributed by atoms with Gasteiger partial charge in [-0.2, -0.15) is 0 Å². The summed E-state index contributed by atoms with van der Waals surface area (Å²) in [6, 6.07) is 3.00. The first-order valence-corrected chi connectivity index (χ1v) is 8.68. The zero-order valence-electron chi connectivity index (χ0n) is 11.7. The molecule has 0 aliphatic rings. The zero-order valence-corrected chi connectivity index (χ0v) is 14.1. The number of rotatable bonds is 5. The predicted molar refractivity (Wildman–Crippen MR) is 82.1 cm³/mol. The van der Waals surface area contributed by atoms with E-state index in [1.54, 1.807) is 13.0 Å². The Morgan fingerprint density at radius 3 is 2.35 bits per heavy atom. The van der Waals surface area contributed by atoms with Gasteiger partial charge in [0.1, 0.15) is 0 Å². The average Bonchev–Trinajstić information content (AvgIpc) is 2.37. The van der Waals surface area contributed by atoms with Crippen LogP contribution >= 0.6 is 15.9 Å². The number of benzene rings is 1. The highest BCUT2D eigenvalue weighted by Gasteiger charge is 2.19. The van der Waals surface area contributed by atoms with Gasteiger partial charge in [0.2, 0.25) is 10.0 Å². The number of carbonyl (C=O) groups is 1. The summed E-state index contributed by atoms with van der Waals surface area (Å²) in [6.45, 7) is 5.68. The van der Waals surface area contributed by atoms with Crippen molar-refractivity contribution in [3.63, 3.8) is 0 Å². The van der Waals surface area contributed by atoms with E-state index in [1.165, 1.54) is 6.07 Å². The number of carbonyl (C=O) groups excluding carboxylic acids is 1. The lowest BCUT2D eigenvalue weighted by Gasteiger charge is -2.16. The topological polar surface area (TPSA) is 89.3 Å². The van der Waals surface area contributed by atoms with Crippen molar-refractivity contribution in [2.45, 2.75) is 44.6 Å². The molecule has 0 bridgehead atoms. The van der Waals surface area contributed by atoms with Gasteiger partial charge >= 0.3 is 0 Å². The largest absolute Gasteiger partial charge is 0.349 e. The summed E-state index contributed by atoms with van der Waals surface area (Å²) in [5.74, 6) is -0.292. The monoisotopic (exact) mass is 362 g/mol. The Morgan fingerprint density at radius 1 is 1.35 bits per heavy atom. The minimum Gasteiger partial charge on any atom is -0.349 e. The van der Waals surface area contributed by atoms with Gasteiger partial charge in [0.05, 0.1) is 4.90 Å². The highest BCUT2D eigenvalue weighted by molar-refractivity contribution is 9.10. The fraction of sp³-hybridized carbons (Fsp3) is 0.462. The summed E-state index contributed by atoms with van der Waals surface area (Å²) in [4.78, 5) is 12.1. The molecule has 0 spiro atoms. The SMILES string of the molecule is CCC(CC)NC(=O)c1cc(C)c(Br)c(S(N)(=O)=O)c1. The first kappa shape index (κ1) is 17.1. The van der Waals surface area contributed by atoms with Gasteiger partial charge in [0.15, 0.2) is 0 Å². The third-order valence-electron chi connectivity index (χ3n) is 3.11. The molecule has 0 heterocycles. The van der Waals surface area contributed by atoms with Crippen molar-refractivity contribution in [3.8, 4) is 0 Å². The van der Waals surface area contributed by atoms with Crippen LogP contribution in [0.4, 0.5) is 0 Å². The molecule has 0 radical (unpaired) electrons. The number of halogens is 1. The average molecular weight is 363 g/mol. The number of nitrogens with one attached hydrogen (secondary N) is 1. The molecule has 3 N–H and O–H groups in total. The fourth-order valence-corrected chi connectivity index (χ4v) is 3.44. The lowest BCUT2D eigenvalue weighted by molar-refractivity contribution is 0.0934. The van der Waals surface area contributed by atoms with Crippen molar-refractivity contribution in [2.75, 3.05) is 0 Å². The molecule has 20 heavy (non-hydrogen) atoms. The van der Waals surface area contributed by atoms with E-state index in [1.807, 2.05) is 13.8 Å². The summed E-state index contributed by atoms with van der Waals surface area (Å²) in [5.41, 5.74) is 0.938. The standard InChI is InChI=1S/C13H19BrN2O3S/c1-4-10(5-2)16-13(17)9-6-8(3)12(14)11(7-9)20(15,18)19/h6-7,10H,4-5H2,1-3H3,(H,16,17)(H2,15,18,19). The maximum atomic E-state index is 12.2. The Morgan fingerprint density at radius 2 is 1.90 bits per heavy atom. The summed E-state index contributed by atoms with van der Waals surface area (Å²) in [6.07, 6.45) is 1.64. The fourth-order valence-electron chi connectivity index (χ4n) is 1.84. The molecule has 1 aromatic carbocycles. The Kier molecular flexibility index (Phi) is 5.73. The summed E-state index contributed by atoms with van der Waals surface area (Å²) < 4.78 is 23.5. The first-order valence-electron chi connectivity index (χ1n) is 6.34. The van der Waals surface area contributed by atoms with E-state index >= 15 is 0 Å². The number of hydrogen-bond acceptors (Lipinski definition) is 3. The number of aryl methyl sites for hydroxylation is 1. The van der Waals surface area contributed by atoms with Gasteiger partial charge < -0.3 is 5.32 Å². The maximum Gasteiger partial charge on any atom is 0.251 e. The summed E-state index contributed by atoms with van der Waals surface area (Å²) in [5, 5.41) is 8.03. The van der Waals surface area contributed by atoms with E-state index in [-0.39, 0.29) is 16.8 Å². The molecular weight excluding hydrogens is 344 g/mol. The summed E-state index contributed by atoms with van der Waals surface area (Å²) >= 11 is 3.19. The van der Waals surface area contributed by atoms with E-state index in [0.717, 1.165) is 12.8 Å². The third-order valence-corrected chi connectivity index (χ3v) is 5.36. The van der Waals surface area contributed by atoms with Crippen LogP contribution < -0.4 is 10.5 Å². The highest BCUT2D eigenvalue weighted by Crippen LogP contribution is 2.26. The van der Waals surface area contributed by atoms with Crippen LogP contribution in [-0.4, -0.2) is 20.4 Å². The minimum atomic E-state index is -3.88. The van der Waals surface area contributed by atoms with Crippen LogP contribution in [0, 0.1) is 6.92 Å². The third kappa shape index (κ3) is 4.04. The van der Waals surface area contributed by atoms with E-state index in [9.17, 15) is 13.2 Å². The van der Waals surface area contributed by atoms with Crippen molar-refractivity contribution in [2.24, 2.45) is 5.14 Å². The lowest BCUT2D eigenvalue weighted by Crippen LogP contribution is -2.34. The molecule has 112 valence electrons. The van der Waals surface area contributed by atoms with Crippen molar-refractivity contribution in [3.05, 3.63) is 27.7 Å². The summed E-state index contributed by atoms with van der Waals surface area (Å²) in [7, 11) is -3.88. The van der Waals surface area contributed by atoms with Crippen molar-refractivity contribution in [1.82, 2.24) is 5.32 Å². The molecular formula is C13H19BrN2O3S. The molecule has 0 fully saturated rings. The molecule has 1 amide bonds. The van der Waals surface area contributed by atoms with Crippen LogP contribution in [-0.2, 0) is 10.0 Å². The Bertz CT molecular complexity index is 610. The van der Waals surface area contributed by atoms with Crippen LogP contribution in [0.25, 0.3) is 0 Å². The molecule has 0 unspecified atom stereocenters. The Balaban J connectivity index is 3.21. The van der Waals surface area contributed by atoms with E-state index in [0.29, 0.717) is 15.6 Å².